The Morgan fingerprint density at radius 2 is 2.11 bits per heavy atom. The first-order valence-corrected chi connectivity index (χ1v) is 6.17. The molecule has 104 valence electrons. The molecule has 0 spiro atoms. The summed E-state index contributed by atoms with van der Waals surface area (Å²) in [6, 6.07) is 1.27. The van der Waals surface area contributed by atoms with Gasteiger partial charge in [-0.05, 0) is 18.9 Å². The number of piperidine rings is 1. The van der Waals surface area contributed by atoms with Crippen LogP contribution in [0.5, 0.6) is 0 Å². The molecular weight excluding hydrogens is 248 g/mol. The summed E-state index contributed by atoms with van der Waals surface area (Å²) in [5.74, 6) is 0.151. The highest BCUT2D eigenvalue weighted by atomic mass is 16.2. The molecule has 1 aliphatic heterocycles. The van der Waals surface area contributed by atoms with Crippen LogP contribution in [-0.4, -0.2) is 46.3 Å². The molecule has 0 aromatic carbocycles. The van der Waals surface area contributed by atoms with Crippen molar-refractivity contribution in [2.24, 2.45) is 5.73 Å². The Balaban J connectivity index is 1.79. The number of imide groups is 1. The van der Waals surface area contributed by atoms with Gasteiger partial charge in [0.1, 0.15) is 5.82 Å². The molecule has 1 aliphatic rings. The number of anilines is 1. The number of carbonyl (C=O) groups excluding carboxylic acids is 2. The van der Waals surface area contributed by atoms with Crippen LogP contribution < -0.4 is 16.8 Å². The van der Waals surface area contributed by atoms with Gasteiger partial charge in [-0.25, -0.2) is 4.79 Å². The van der Waals surface area contributed by atoms with E-state index in [1.807, 2.05) is 15.8 Å². The van der Waals surface area contributed by atoms with Crippen molar-refractivity contribution in [3.63, 3.8) is 0 Å². The van der Waals surface area contributed by atoms with Gasteiger partial charge in [0.15, 0.2) is 0 Å². The van der Waals surface area contributed by atoms with Crippen LogP contribution >= 0.6 is 0 Å². The lowest BCUT2D eigenvalue weighted by Gasteiger charge is -2.31. The standard InChI is InChI=1S/C11H18N6O2/c12-9-3-6-17(15-9)8-1-4-16(5-2-8)7-10(18)14-11(13)19/h3,6,8H,1-2,4-5,7H2,(H2,12,15)(H3,13,14,18,19). The topological polar surface area (TPSA) is 119 Å². The lowest BCUT2D eigenvalue weighted by Crippen LogP contribution is -2.44. The van der Waals surface area contributed by atoms with Crippen molar-refractivity contribution in [3.8, 4) is 0 Å². The molecule has 0 radical (unpaired) electrons. The molecule has 8 heteroatoms. The van der Waals surface area contributed by atoms with Gasteiger partial charge in [-0.15, -0.1) is 0 Å². The minimum absolute atomic E-state index is 0.191. The minimum atomic E-state index is -0.813. The molecule has 19 heavy (non-hydrogen) atoms. The first-order valence-electron chi connectivity index (χ1n) is 6.17. The fourth-order valence-electron chi connectivity index (χ4n) is 2.28. The van der Waals surface area contributed by atoms with Gasteiger partial charge in [-0.3, -0.25) is 19.7 Å². The summed E-state index contributed by atoms with van der Waals surface area (Å²) in [6.45, 7) is 1.74. The van der Waals surface area contributed by atoms with E-state index in [9.17, 15) is 9.59 Å². The highest BCUT2D eigenvalue weighted by molar-refractivity contribution is 5.94. The van der Waals surface area contributed by atoms with Crippen molar-refractivity contribution in [1.29, 1.82) is 0 Å². The molecule has 0 unspecified atom stereocenters. The summed E-state index contributed by atoms with van der Waals surface area (Å²) in [5.41, 5.74) is 10.5. The molecular formula is C11H18N6O2. The molecule has 1 aromatic rings. The van der Waals surface area contributed by atoms with Crippen LogP contribution in [0.1, 0.15) is 18.9 Å². The number of carbonyl (C=O) groups is 2. The maximum absolute atomic E-state index is 11.4. The van der Waals surface area contributed by atoms with Gasteiger partial charge in [0, 0.05) is 19.3 Å². The fourth-order valence-corrected chi connectivity index (χ4v) is 2.28. The van der Waals surface area contributed by atoms with Crippen molar-refractivity contribution in [2.75, 3.05) is 25.4 Å². The second kappa shape index (κ2) is 5.70. The molecule has 0 atom stereocenters. The summed E-state index contributed by atoms with van der Waals surface area (Å²) in [5, 5.41) is 6.26. The summed E-state index contributed by atoms with van der Waals surface area (Å²) >= 11 is 0. The van der Waals surface area contributed by atoms with E-state index in [2.05, 4.69) is 10.4 Å². The van der Waals surface area contributed by atoms with Gasteiger partial charge in [-0.2, -0.15) is 5.10 Å². The molecule has 8 nitrogen and oxygen atoms in total. The summed E-state index contributed by atoms with van der Waals surface area (Å²) in [4.78, 5) is 23.9. The van der Waals surface area contributed by atoms with Gasteiger partial charge in [0.2, 0.25) is 5.91 Å². The number of aromatic nitrogens is 2. The number of hydrogen-bond donors (Lipinski definition) is 3. The molecule has 1 aromatic heterocycles. The molecule has 0 bridgehead atoms. The normalized spacial score (nSPS) is 17.3. The Hall–Kier alpha value is -2.09. The summed E-state index contributed by atoms with van der Waals surface area (Å²) < 4.78 is 1.87. The van der Waals surface area contributed by atoms with Crippen molar-refractivity contribution >= 4 is 17.8 Å². The Labute approximate surface area is 110 Å². The average Bonchev–Trinajstić information content (AvgIpc) is 2.75. The minimum Gasteiger partial charge on any atom is -0.382 e. The maximum Gasteiger partial charge on any atom is 0.318 e. The van der Waals surface area contributed by atoms with Crippen LogP contribution in [0.15, 0.2) is 12.3 Å². The van der Waals surface area contributed by atoms with Crippen LogP contribution in [-0.2, 0) is 4.79 Å². The van der Waals surface area contributed by atoms with E-state index in [4.69, 9.17) is 11.5 Å². The smallest absolute Gasteiger partial charge is 0.318 e. The Morgan fingerprint density at radius 3 is 2.63 bits per heavy atom. The molecule has 2 rings (SSSR count). The number of nitrogens with two attached hydrogens (primary N) is 2. The van der Waals surface area contributed by atoms with E-state index in [0.29, 0.717) is 11.9 Å². The lowest BCUT2D eigenvalue weighted by molar-refractivity contribution is -0.121. The van der Waals surface area contributed by atoms with E-state index in [1.54, 1.807) is 6.07 Å². The number of urea groups is 1. The van der Waals surface area contributed by atoms with Gasteiger partial charge in [0.05, 0.1) is 12.6 Å². The largest absolute Gasteiger partial charge is 0.382 e. The van der Waals surface area contributed by atoms with Crippen molar-refractivity contribution in [1.82, 2.24) is 20.0 Å². The molecule has 3 amide bonds. The van der Waals surface area contributed by atoms with Gasteiger partial charge in [-0.1, -0.05) is 0 Å². The second-order valence-electron chi connectivity index (χ2n) is 4.64. The third-order valence-electron chi connectivity index (χ3n) is 3.19. The lowest BCUT2D eigenvalue weighted by atomic mass is 10.1. The van der Waals surface area contributed by atoms with Gasteiger partial charge >= 0.3 is 6.03 Å². The quantitative estimate of drug-likeness (QED) is 0.668. The molecule has 0 aliphatic carbocycles. The van der Waals surface area contributed by atoms with Crippen molar-refractivity contribution in [3.05, 3.63) is 12.3 Å². The van der Waals surface area contributed by atoms with Crippen LogP contribution in [0.2, 0.25) is 0 Å². The average molecular weight is 266 g/mol. The van der Waals surface area contributed by atoms with Crippen molar-refractivity contribution in [2.45, 2.75) is 18.9 Å². The molecule has 1 fully saturated rings. The number of likely N-dealkylation sites (tertiary alicyclic amines) is 1. The summed E-state index contributed by atoms with van der Waals surface area (Å²) in [7, 11) is 0. The van der Waals surface area contributed by atoms with Crippen LogP contribution in [0.3, 0.4) is 0 Å². The second-order valence-corrected chi connectivity index (χ2v) is 4.64. The van der Waals surface area contributed by atoms with E-state index >= 15 is 0 Å². The first kappa shape index (κ1) is 13.3. The van der Waals surface area contributed by atoms with Gasteiger partial charge in [0.25, 0.3) is 0 Å². The monoisotopic (exact) mass is 266 g/mol. The van der Waals surface area contributed by atoms with Crippen LogP contribution in [0.25, 0.3) is 0 Å². The number of primary amides is 1. The number of rotatable bonds is 3. The zero-order chi connectivity index (χ0) is 13.8. The first-order chi connectivity index (χ1) is 9.04. The fraction of sp³-hybridized carbons (Fsp3) is 0.545. The van der Waals surface area contributed by atoms with Gasteiger partial charge < -0.3 is 11.5 Å². The maximum atomic E-state index is 11.4. The number of nitrogens with one attached hydrogen (secondary N) is 1. The van der Waals surface area contributed by atoms with E-state index in [0.717, 1.165) is 25.9 Å². The zero-order valence-corrected chi connectivity index (χ0v) is 10.6. The van der Waals surface area contributed by atoms with E-state index in [1.165, 1.54) is 0 Å². The van der Waals surface area contributed by atoms with Crippen LogP contribution in [0.4, 0.5) is 10.6 Å². The molecule has 1 saturated heterocycles. The predicted molar refractivity (Wildman–Crippen MR) is 69.1 cm³/mol. The Morgan fingerprint density at radius 1 is 1.42 bits per heavy atom. The van der Waals surface area contributed by atoms with E-state index < -0.39 is 6.03 Å². The highest BCUT2D eigenvalue weighted by Gasteiger charge is 2.22. The summed E-state index contributed by atoms with van der Waals surface area (Å²) in [6.07, 6.45) is 3.66. The highest BCUT2D eigenvalue weighted by Crippen LogP contribution is 2.21. The van der Waals surface area contributed by atoms with Crippen LogP contribution in [0, 0.1) is 0 Å². The number of hydrogen-bond acceptors (Lipinski definition) is 5. The third kappa shape index (κ3) is 3.68. The molecule has 0 saturated carbocycles. The third-order valence-corrected chi connectivity index (χ3v) is 3.19. The van der Waals surface area contributed by atoms with E-state index in [-0.39, 0.29) is 12.5 Å². The Bertz CT molecular complexity index is 464. The number of nitrogens with zero attached hydrogens (tertiary/aromatic N) is 3. The van der Waals surface area contributed by atoms with Crippen molar-refractivity contribution < 1.29 is 9.59 Å². The zero-order valence-electron chi connectivity index (χ0n) is 10.6. The number of nitrogen functional groups attached to an aromatic ring is 1. The molecule has 5 N–H and O–H groups in total. The number of amides is 3. The molecule has 2 heterocycles. The Kier molecular flexibility index (Phi) is 4.00. The predicted octanol–water partition coefficient (Wildman–Crippen LogP) is -0.703. The SMILES string of the molecule is NC(=O)NC(=O)CN1CCC(n2ccc(N)n2)CC1.